The number of hydrogen-bond donors (Lipinski definition) is 3. The van der Waals surface area contributed by atoms with Gasteiger partial charge in [0.25, 0.3) is 0 Å². The highest BCUT2D eigenvalue weighted by Gasteiger charge is 2.38. The van der Waals surface area contributed by atoms with Crippen molar-refractivity contribution >= 4 is 31.0 Å². The zero-order valence-electron chi connectivity index (χ0n) is 16.2. The fourth-order valence-corrected chi connectivity index (χ4v) is 4.60. The fraction of sp³-hybridized carbons (Fsp3) is 0.400. The number of phosphoric acid groups is 1. The Morgan fingerprint density at radius 1 is 1.10 bits per heavy atom. The maximum Gasteiger partial charge on any atom is 0.469 e. The molecule has 0 radical (unpaired) electrons. The Labute approximate surface area is 185 Å². The Morgan fingerprint density at radius 3 is 2.37 bits per heavy atom. The predicted octanol–water partition coefficient (Wildman–Crippen LogP) is 4.53. The Balaban J connectivity index is 1.57. The van der Waals surface area contributed by atoms with Gasteiger partial charge in [-0.1, -0.05) is 41.4 Å². The lowest BCUT2D eigenvalue weighted by Gasteiger charge is -2.24. The molecule has 2 aromatic carbocycles. The summed E-state index contributed by atoms with van der Waals surface area (Å²) >= 11 is 12.8. The largest absolute Gasteiger partial charge is 0.490 e. The lowest BCUT2D eigenvalue weighted by molar-refractivity contribution is 0.153. The molecule has 1 saturated carbocycles. The van der Waals surface area contributed by atoms with Crippen molar-refractivity contribution in [1.29, 1.82) is 0 Å². The second-order valence-corrected chi connectivity index (χ2v) is 9.44. The molecule has 164 valence electrons. The molecule has 0 aromatic heterocycles. The van der Waals surface area contributed by atoms with Crippen LogP contribution in [0.4, 0.5) is 0 Å². The standard InChI is InChI=1S/C20H24Cl2NO6P/c21-17-10-15(14-6-7-20(23,12-14)13-29-30(24,25)26)11-18(22)19(17)28-9-8-27-16-4-2-1-3-5-16/h1-5,10-11,14H,6-9,12-13,23H2,(H2,24,25,26)/t14-,20-/m0/s1. The quantitative estimate of drug-likeness (QED) is 0.360. The van der Waals surface area contributed by atoms with E-state index in [1.807, 2.05) is 30.3 Å². The van der Waals surface area contributed by atoms with E-state index in [0.29, 0.717) is 35.2 Å². The molecule has 0 aliphatic heterocycles. The molecule has 2 aromatic rings. The molecular formula is C20H24Cl2NO6P. The number of benzene rings is 2. The van der Waals surface area contributed by atoms with Gasteiger partial charge in [-0.05, 0) is 55.0 Å². The highest BCUT2D eigenvalue weighted by atomic mass is 35.5. The molecule has 7 nitrogen and oxygen atoms in total. The number of hydrogen-bond acceptors (Lipinski definition) is 5. The lowest BCUT2D eigenvalue weighted by Crippen LogP contribution is -2.41. The molecule has 30 heavy (non-hydrogen) atoms. The van der Waals surface area contributed by atoms with Crippen molar-refractivity contribution in [2.75, 3.05) is 19.8 Å². The molecule has 0 bridgehead atoms. The van der Waals surface area contributed by atoms with Gasteiger partial charge < -0.3 is 25.0 Å². The van der Waals surface area contributed by atoms with Crippen molar-refractivity contribution in [3.63, 3.8) is 0 Å². The van der Waals surface area contributed by atoms with Crippen LogP contribution in [0, 0.1) is 0 Å². The highest BCUT2D eigenvalue weighted by Crippen LogP contribution is 2.45. The van der Waals surface area contributed by atoms with Crippen molar-refractivity contribution in [3.05, 3.63) is 58.1 Å². The molecule has 0 saturated heterocycles. The summed E-state index contributed by atoms with van der Waals surface area (Å²) in [6.07, 6.45) is 1.81. The lowest BCUT2D eigenvalue weighted by atomic mass is 9.93. The van der Waals surface area contributed by atoms with Crippen LogP contribution < -0.4 is 15.2 Å². The Bertz CT molecular complexity index is 886. The van der Waals surface area contributed by atoms with Crippen LogP contribution in [0.2, 0.25) is 10.0 Å². The maximum atomic E-state index is 11.0. The highest BCUT2D eigenvalue weighted by molar-refractivity contribution is 7.46. The minimum Gasteiger partial charge on any atom is -0.490 e. The van der Waals surface area contributed by atoms with Crippen LogP contribution in [0.3, 0.4) is 0 Å². The number of ether oxygens (including phenoxy) is 2. The van der Waals surface area contributed by atoms with E-state index in [4.69, 9.17) is 48.2 Å². The van der Waals surface area contributed by atoms with E-state index in [1.165, 1.54) is 0 Å². The number of nitrogens with two attached hydrogens (primary N) is 1. The van der Waals surface area contributed by atoms with Gasteiger partial charge in [-0.2, -0.15) is 0 Å². The summed E-state index contributed by atoms with van der Waals surface area (Å²) in [6.45, 7) is 0.414. The summed E-state index contributed by atoms with van der Waals surface area (Å²) < 4.78 is 26.9. The first kappa shape index (κ1) is 23.4. The molecule has 0 heterocycles. The summed E-state index contributed by atoms with van der Waals surface area (Å²) in [6, 6.07) is 13.0. The Hall–Kier alpha value is -1.31. The first-order chi connectivity index (χ1) is 14.2. The molecule has 4 N–H and O–H groups in total. The molecule has 3 rings (SSSR count). The van der Waals surface area contributed by atoms with Gasteiger partial charge in [0.05, 0.1) is 16.7 Å². The first-order valence-corrected chi connectivity index (χ1v) is 11.7. The monoisotopic (exact) mass is 475 g/mol. The third-order valence-electron chi connectivity index (χ3n) is 5.00. The maximum absolute atomic E-state index is 11.0. The number of halogens is 2. The molecule has 1 aliphatic carbocycles. The zero-order valence-corrected chi connectivity index (χ0v) is 18.6. The van der Waals surface area contributed by atoms with Crippen LogP contribution in [0.1, 0.15) is 30.7 Å². The number of para-hydroxylation sites is 1. The summed E-state index contributed by atoms with van der Waals surface area (Å²) in [5, 5.41) is 0.774. The van der Waals surface area contributed by atoms with Gasteiger partial charge in [0.2, 0.25) is 0 Å². The van der Waals surface area contributed by atoms with Crippen LogP contribution in [0.25, 0.3) is 0 Å². The second-order valence-electron chi connectivity index (χ2n) is 7.39. The van der Waals surface area contributed by atoms with E-state index in [2.05, 4.69) is 4.52 Å². The molecule has 0 spiro atoms. The van der Waals surface area contributed by atoms with E-state index < -0.39 is 13.4 Å². The van der Waals surface area contributed by atoms with Gasteiger partial charge >= 0.3 is 7.82 Å². The van der Waals surface area contributed by atoms with Crippen molar-refractivity contribution < 1.29 is 28.3 Å². The van der Waals surface area contributed by atoms with E-state index in [1.54, 1.807) is 12.1 Å². The average molecular weight is 476 g/mol. The third kappa shape index (κ3) is 6.59. The SMILES string of the molecule is N[C@@]1(COP(=O)(O)O)CC[C@H](c2cc(Cl)c(OCCOc3ccccc3)c(Cl)c2)C1. The average Bonchev–Trinajstić information content (AvgIpc) is 3.08. The van der Waals surface area contributed by atoms with Crippen LogP contribution in [-0.4, -0.2) is 35.1 Å². The van der Waals surface area contributed by atoms with Gasteiger partial charge in [0.15, 0.2) is 5.75 Å². The van der Waals surface area contributed by atoms with Crippen LogP contribution in [-0.2, 0) is 9.09 Å². The Morgan fingerprint density at radius 2 is 1.73 bits per heavy atom. The summed E-state index contributed by atoms with van der Waals surface area (Å²) in [4.78, 5) is 17.8. The molecule has 0 amide bonds. The third-order valence-corrected chi connectivity index (χ3v) is 6.02. The molecule has 1 fully saturated rings. The van der Waals surface area contributed by atoms with Crippen LogP contribution in [0.5, 0.6) is 11.5 Å². The van der Waals surface area contributed by atoms with E-state index >= 15 is 0 Å². The van der Waals surface area contributed by atoms with Crippen molar-refractivity contribution in [1.82, 2.24) is 0 Å². The van der Waals surface area contributed by atoms with Gasteiger partial charge in [0, 0.05) is 5.54 Å². The number of phosphoric ester groups is 1. The number of rotatable bonds is 9. The topological polar surface area (TPSA) is 111 Å². The minimum absolute atomic E-state index is 0.0563. The molecule has 0 unspecified atom stereocenters. The van der Waals surface area contributed by atoms with Crippen molar-refractivity contribution in [3.8, 4) is 11.5 Å². The molecule has 10 heteroatoms. The normalized spacial score (nSPS) is 21.6. The van der Waals surface area contributed by atoms with Crippen molar-refractivity contribution in [2.24, 2.45) is 5.73 Å². The van der Waals surface area contributed by atoms with E-state index in [-0.39, 0.29) is 19.1 Å². The molecular weight excluding hydrogens is 452 g/mol. The predicted molar refractivity (Wildman–Crippen MR) is 115 cm³/mol. The first-order valence-electron chi connectivity index (χ1n) is 9.44. The van der Waals surface area contributed by atoms with E-state index in [0.717, 1.165) is 17.7 Å². The van der Waals surface area contributed by atoms with Gasteiger partial charge in [-0.3, -0.25) is 4.52 Å². The second kappa shape index (κ2) is 9.88. The minimum atomic E-state index is -4.56. The molecule has 1 aliphatic rings. The van der Waals surface area contributed by atoms with E-state index in [9.17, 15) is 4.57 Å². The van der Waals surface area contributed by atoms with Gasteiger partial charge in [-0.15, -0.1) is 0 Å². The van der Waals surface area contributed by atoms with Gasteiger partial charge in [-0.25, -0.2) is 4.57 Å². The van der Waals surface area contributed by atoms with Crippen molar-refractivity contribution in [2.45, 2.75) is 30.7 Å². The zero-order chi connectivity index (χ0) is 21.8. The molecule has 2 atom stereocenters. The summed E-state index contributed by atoms with van der Waals surface area (Å²) in [5.41, 5.74) is 6.35. The Kier molecular flexibility index (Phi) is 7.69. The van der Waals surface area contributed by atoms with Crippen LogP contribution in [0.15, 0.2) is 42.5 Å². The summed E-state index contributed by atoms with van der Waals surface area (Å²) in [7, 11) is -4.56. The van der Waals surface area contributed by atoms with Gasteiger partial charge in [0.1, 0.15) is 19.0 Å². The fourth-order valence-electron chi connectivity index (χ4n) is 3.56. The van der Waals surface area contributed by atoms with Crippen LogP contribution >= 0.6 is 31.0 Å². The smallest absolute Gasteiger partial charge is 0.469 e. The summed E-state index contributed by atoms with van der Waals surface area (Å²) in [5.74, 6) is 1.20.